The van der Waals surface area contributed by atoms with E-state index in [4.69, 9.17) is 6.42 Å². The number of benzene rings is 2. The molecule has 0 amide bonds. The van der Waals surface area contributed by atoms with Gasteiger partial charge in [-0.3, -0.25) is 0 Å². The molecular weight excluding hydrogens is 298 g/mol. The van der Waals surface area contributed by atoms with Crippen LogP contribution >= 0.6 is 15.9 Å². The van der Waals surface area contributed by atoms with Crippen LogP contribution in [0.1, 0.15) is 31.4 Å². The second kappa shape index (κ2) is 6.75. The van der Waals surface area contributed by atoms with Crippen LogP contribution < -0.4 is 5.32 Å². The maximum Gasteiger partial charge on any atom is 0.0329 e. The van der Waals surface area contributed by atoms with Gasteiger partial charge in [0.1, 0.15) is 0 Å². The SMILES string of the molecule is C#CCCC(NCC)c1ccc2cc(Br)ccc2c1. The zero-order valence-electron chi connectivity index (χ0n) is 11.1. The maximum atomic E-state index is 5.38. The normalized spacial score (nSPS) is 12.3. The number of fused-ring (bicyclic) bond motifs is 1. The predicted molar refractivity (Wildman–Crippen MR) is 86.1 cm³/mol. The van der Waals surface area contributed by atoms with Crippen LogP contribution in [0.5, 0.6) is 0 Å². The van der Waals surface area contributed by atoms with Gasteiger partial charge in [0.25, 0.3) is 0 Å². The third kappa shape index (κ3) is 3.59. The van der Waals surface area contributed by atoms with Crippen LogP contribution in [0.2, 0.25) is 0 Å². The molecule has 0 aliphatic rings. The van der Waals surface area contributed by atoms with Crippen LogP contribution in [0.4, 0.5) is 0 Å². The fourth-order valence-electron chi connectivity index (χ4n) is 2.31. The molecule has 2 heteroatoms. The number of terminal acetylenes is 1. The fraction of sp³-hybridized carbons (Fsp3) is 0.294. The standard InChI is InChI=1S/C17H18BrN/c1-3-5-6-17(19-4-2)15-8-7-14-12-16(18)10-9-13(14)11-15/h1,7-12,17,19H,4-6H2,2H3. The number of hydrogen-bond acceptors (Lipinski definition) is 1. The summed E-state index contributed by atoms with van der Waals surface area (Å²) in [4.78, 5) is 0. The fourth-order valence-corrected chi connectivity index (χ4v) is 2.69. The highest BCUT2D eigenvalue weighted by Gasteiger charge is 2.10. The van der Waals surface area contributed by atoms with Gasteiger partial charge in [-0.25, -0.2) is 0 Å². The summed E-state index contributed by atoms with van der Waals surface area (Å²) in [6.45, 7) is 3.08. The molecule has 0 saturated heterocycles. The Morgan fingerprint density at radius 2 is 1.95 bits per heavy atom. The summed E-state index contributed by atoms with van der Waals surface area (Å²) in [6, 6.07) is 13.3. The Bertz CT molecular complexity index is 598. The number of rotatable bonds is 5. The highest BCUT2D eigenvalue weighted by atomic mass is 79.9. The van der Waals surface area contributed by atoms with Crippen LogP contribution in [0.15, 0.2) is 40.9 Å². The molecule has 0 fully saturated rings. The Morgan fingerprint density at radius 3 is 2.68 bits per heavy atom. The molecule has 2 aromatic rings. The zero-order valence-corrected chi connectivity index (χ0v) is 12.7. The summed E-state index contributed by atoms with van der Waals surface area (Å²) < 4.78 is 1.11. The summed E-state index contributed by atoms with van der Waals surface area (Å²) in [5, 5.41) is 6.03. The van der Waals surface area contributed by atoms with Crippen LogP contribution in [-0.4, -0.2) is 6.54 Å². The van der Waals surface area contributed by atoms with E-state index in [9.17, 15) is 0 Å². The predicted octanol–water partition coefficient (Wildman–Crippen LogP) is 4.67. The van der Waals surface area contributed by atoms with Crippen molar-refractivity contribution in [3.8, 4) is 12.3 Å². The molecule has 0 radical (unpaired) electrons. The molecule has 0 aromatic heterocycles. The van der Waals surface area contributed by atoms with Gasteiger partial charge in [-0.2, -0.15) is 0 Å². The molecule has 0 bridgehead atoms. The molecule has 1 atom stereocenters. The van der Waals surface area contributed by atoms with Crippen molar-refractivity contribution in [1.29, 1.82) is 0 Å². The molecule has 2 rings (SSSR count). The van der Waals surface area contributed by atoms with Crippen molar-refractivity contribution < 1.29 is 0 Å². The minimum Gasteiger partial charge on any atom is -0.310 e. The van der Waals surface area contributed by atoms with Crippen molar-refractivity contribution in [3.63, 3.8) is 0 Å². The van der Waals surface area contributed by atoms with Gasteiger partial charge in [0.05, 0.1) is 0 Å². The average molecular weight is 316 g/mol. The second-order valence-electron chi connectivity index (χ2n) is 4.60. The smallest absolute Gasteiger partial charge is 0.0329 e. The van der Waals surface area contributed by atoms with E-state index in [0.717, 1.165) is 23.9 Å². The van der Waals surface area contributed by atoms with Gasteiger partial charge in [-0.15, -0.1) is 12.3 Å². The van der Waals surface area contributed by atoms with E-state index in [1.54, 1.807) is 0 Å². The van der Waals surface area contributed by atoms with Crippen molar-refractivity contribution in [2.24, 2.45) is 0 Å². The van der Waals surface area contributed by atoms with Gasteiger partial charge >= 0.3 is 0 Å². The van der Waals surface area contributed by atoms with Gasteiger partial charge < -0.3 is 5.32 Å². The van der Waals surface area contributed by atoms with Crippen molar-refractivity contribution in [3.05, 3.63) is 46.4 Å². The first-order valence-corrected chi connectivity index (χ1v) is 7.40. The molecule has 19 heavy (non-hydrogen) atoms. The first kappa shape index (κ1) is 14.1. The van der Waals surface area contributed by atoms with E-state index >= 15 is 0 Å². The second-order valence-corrected chi connectivity index (χ2v) is 5.52. The van der Waals surface area contributed by atoms with Gasteiger partial charge in [0, 0.05) is 16.9 Å². The van der Waals surface area contributed by atoms with Crippen LogP contribution in [0, 0.1) is 12.3 Å². The van der Waals surface area contributed by atoms with Gasteiger partial charge in [0.2, 0.25) is 0 Å². The van der Waals surface area contributed by atoms with E-state index < -0.39 is 0 Å². The van der Waals surface area contributed by atoms with Crippen LogP contribution in [-0.2, 0) is 0 Å². The molecule has 0 aliphatic carbocycles. The molecule has 0 spiro atoms. The van der Waals surface area contributed by atoms with E-state index in [1.165, 1.54) is 16.3 Å². The molecule has 0 aliphatic heterocycles. The number of nitrogens with one attached hydrogen (secondary N) is 1. The lowest BCUT2D eigenvalue weighted by Gasteiger charge is -2.18. The summed E-state index contributed by atoms with van der Waals surface area (Å²) >= 11 is 3.50. The Labute approximate surface area is 123 Å². The lowest BCUT2D eigenvalue weighted by Crippen LogP contribution is -2.20. The molecular formula is C17H18BrN. The minimum absolute atomic E-state index is 0.342. The lowest BCUT2D eigenvalue weighted by molar-refractivity contribution is 0.523. The summed E-state index contributed by atoms with van der Waals surface area (Å²) in [5.74, 6) is 2.72. The Hall–Kier alpha value is -1.30. The largest absolute Gasteiger partial charge is 0.310 e. The average Bonchev–Trinajstić information content (AvgIpc) is 2.43. The Balaban J connectivity index is 2.32. The highest BCUT2D eigenvalue weighted by molar-refractivity contribution is 9.10. The molecule has 1 unspecified atom stereocenters. The van der Waals surface area contributed by atoms with E-state index in [2.05, 4.69) is 70.5 Å². The molecule has 0 saturated carbocycles. The highest BCUT2D eigenvalue weighted by Crippen LogP contribution is 2.25. The van der Waals surface area contributed by atoms with Crippen molar-refractivity contribution in [2.75, 3.05) is 6.54 Å². The molecule has 2 aromatic carbocycles. The third-order valence-electron chi connectivity index (χ3n) is 3.26. The number of hydrogen-bond donors (Lipinski definition) is 1. The molecule has 1 nitrogen and oxygen atoms in total. The summed E-state index contributed by atoms with van der Waals surface area (Å²) in [5.41, 5.74) is 1.31. The molecule has 98 valence electrons. The van der Waals surface area contributed by atoms with Crippen LogP contribution in [0.3, 0.4) is 0 Å². The Morgan fingerprint density at radius 1 is 1.21 bits per heavy atom. The minimum atomic E-state index is 0.342. The van der Waals surface area contributed by atoms with Crippen LogP contribution in [0.25, 0.3) is 10.8 Å². The summed E-state index contributed by atoms with van der Waals surface area (Å²) in [7, 11) is 0. The number of halogens is 1. The summed E-state index contributed by atoms with van der Waals surface area (Å²) in [6.07, 6.45) is 7.16. The van der Waals surface area contributed by atoms with Crippen molar-refractivity contribution in [1.82, 2.24) is 5.32 Å². The van der Waals surface area contributed by atoms with E-state index in [-0.39, 0.29) is 0 Å². The topological polar surface area (TPSA) is 12.0 Å². The van der Waals surface area contributed by atoms with Gasteiger partial charge in [-0.05, 0) is 47.5 Å². The van der Waals surface area contributed by atoms with Crippen molar-refractivity contribution >= 4 is 26.7 Å². The zero-order chi connectivity index (χ0) is 13.7. The maximum absolute atomic E-state index is 5.38. The van der Waals surface area contributed by atoms with Crippen molar-refractivity contribution in [2.45, 2.75) is 25.8 Å². The first-order valence-electron chi connectivity index (χ1n) is 6.60. The third-order valence-corrected chi connectivity index (χ3v) is 3.75. The lowest BCUT2D eigenvalue weighted by atomic mass is 9.98. The quantitative estimate of drug-likeness (QED) is 0.791. The first-order chi connectivity index (χ1) is 9.24. The van der Waals surface area contributed by atoms with Gasteiger partial charge in [0.15, 0.2) is 0 Å². The van der Waals surface area contributed by atoms with E-state index in [0.29, 0.717) is 6.04 Å². The van der Waals surface area contributed by atoms with Gasteiger partial charge in [-0.1, -0.05) is 41.1 Å². The molecule has 0 heterocycles. The monoisotopic (exact) mass is 315 g/mol. The Kier molecular flexibility index (Phi) is 5.01. The van der Waals surface area contributed by atoms with E-state index in [1.807, 2.05) is 0 Å². The molecule has 1 N–H and O–H groups in total.